The van der Waals surface area contributed by atoms with E-state index in [1.807, 2.05) is 22.6 Å². The highest BCUT2D eigenvalue weighted by Crippen LogP contribution is 2.38. The number of ether oxygens (including phenoxy) is 4. The van der Waals surface area contributed by atoms with Crippen LogP contribution in [-0.2, 0) is 17.5 Å². The first-order valence-electron chi connectivity index (χ1n) is 14.6. The van der Waals surface area contributed by atoms with Crippen molar-refractivity contribution in [2.75, 3.05) is 27.1 Å². The molecule has 3 aromatic carbocycles. The van der Waals surface area contributed by atoms with Gasteiger partial charge in [0.15, 0.2) is 23.0 Å². The minimum Gasteiger partial charge on any atom is -0.493 e. The van der Waals surface area contributed by atoms with Gasteiger partial charge in [-0.05, 0) is 82.8 Å². The number of hydrogen-bond acceptors (Lipinski definition) is 9. The molecule has 1 aliphatic heterocycles. The maximum Gasteiger partial charge on any atom is 0.416 e. The zero-order valence-corrected chi connectivity index (χ0v) is 27.5. The monoisotopic (exact) mass is 782 g/mol. The Bertz CT molecular complexity index is 1720. The molecule has 0 saturated carbocycles. The first kappa shape index (κ1) is 35.0. The Morgan fingerprint density at radius 2 is 1.83 bits per heavy atom. The summed E-state index contributed by atoms with van der Waals surface area (Å²) in [6.07, 6.45) is -5.49. The molecule has 2 amide bonds. The molecule has 1 aliphatic carbocycles. The number of aliphatic hydroxyl groups excluding tert-OH is 2. The molecule has 48 heavy (non-hydrogen) atoms. The molecule has 15 heteroatoms. The van der Waals surface area contributed by atoms with Crippen molar-refractivity contribution in [2.24, 2.45) is 0 Å². The summed E-state index contributed by atoms with van der Waals surface area (Å²) >= 11 is 1.93. The fourth-order valence-corrected chi connectivity index (χ4v) is 6.13. The summed E-state index contributed by atoms with van der Waals surface area (Å²) in [4.78, 5) is 40.1. The molecule has 254 valence electrons. The first-order chi connectivity index (χ1) is 22.9. The quantitative estimate of drug-likeness (QED) is 0.194. The summed E-state index contributed by atoms with van der Waals surface area (Å²) in [5, 5.41) is 23.7. The molecule has 5 rings (SSSR count). The van der Waals surface area contributed by atoms with Gasteiger partial charge in [-0.3, -0.25) is 14.4 Å². The van der Waals surface area contributed by atoms with E-state index in [0.29, 0.717) is 32.5 Å². The van der Waals surface area contributed by atoms with Crippen LogP contribution in [-0.4, -0.2) is 78.5 Å². The van der Waals surface area contributed by atoms with Crippen LogP contribution in [0.1, 0.15) is 38.3 Å². The van der Waals surface area contributed by atoms with E-state index in [2.05, 4.69) is 5.32 Å². The minimum absolute atomic E-state index is 0.000535. The molecular weight excluding hydrogens is 752 g/mol. The molecule has 0 spiro atoms. The molecule has 3 unspecified atom stereocenters. The van der Waals surface area contributed by atoms with Crippen LogP contribution >= 0.6 is 22.6 Å². The van der Waals surface area contributed by atoms with Gasteiger partial charge >= 0.3 is 6.18 Å². The number of alkyl halides is 3. The summed E-state index contributed by atoms with van der Waals surface area (Å²) in [7, 11) is 1.37. The zero-order valence-electron chi connectivity index (χ0n) is 25.3. The number of nitrogens with one attached hydrogen (secondary N) is 1. The van der Waals surface area contributed by atoms with Crippen molar-refractivity contribution in [3.05, 3.63) is 92.1 Å². The average Bonchev–Trinajstić information content (AvgIpc) is 3.55. The van der Waals surface area contributed by atoms with Crippen LogP contribution in [0.5, 0.6) is 23.0 Å². The van der Waals surface area contributed by atoms with Gasteiger partial charge in [0, 0.05) is 36.2 Å². The van der Waals surface area contributed by atoms with Crippen molar-refractivity contribution in [2.45, 2.75) is 37.4 Å². The van der Waals surface area contributed by atoms with Crippen molar-refractivity contribution >= 4 is 40.7 Å². The Morgan fingerprint density at radius 3 is 2.50 bits per heavy atom. The summed E-state index contributed by atoms with van der Waals surface area (Å²) in [5.74, 6) is -0.0573. The number of carbonyl (C=O) groups is 3. The number of aliphatic hydroxyl groups is 2. The number of methoxy groups -OCH3 is 1. The van der Waals surface area contributed by atoms with Crippen molar-refractivity contribution < 1.29 is 56.7 Å². The van der Waals surface area contributed by atoms with E-state index < -0.39 is 41.8 Å². The smallest absolute Gasteiger partial charge is 0.416 e. The average molecular weight is 783 g/mol. The van der Waals surface area contributed by atoms with Crippen LogP contribution < -0.4 is 24.3 Å². The van der Waals surface area contributed by atoms with Gasteiger partial charge in [0.1, 0.15) is 18.5 Å². The van der Waals surface area contributed by atoms with E-state index in [1.54, 1.807) is 18.2 Å². The van der Waals surface area contributed by atoms with Gasteiger partial charge in [0.25, 0.3) is 5.91 Å². The van der Waals surface area contributed by atoms with Crippen LogP contribution in [0.25, 0.3) is 0 Å². The number of hydrogen-bond donors (Lipinski definition) is 3. The fraction of sp³-hybridized carbons (Fsp3) is 0.303. The maximum atomic E-state index is 14.2. The molecule has 3 aromatic rings. The van der Waals surface area contributed by atoms with Crippen LogP contribution in [0.15, 0.2) is 66.2 Å². The predicted molar refractivity (Wildman–Crippen MR) is 172 cm³/mol. The largest absolute Gasteiger partial charge is 0.493 e. The van der Waals surface area contributed by atoms with Gasteiger partial charge in [-0.2, -0.15) is 13.2 Å². The molecule has 0 fully saturated rings. The van der Waals surface area contributed by atoms with E-state index >= 15 is 0 Å². The van der Waals surface area contributed by atoms with Gasteiger partial charge in [-0.1, -0.05) is 6.07 Å². The van der Waals surface area contributed by atoms with Gasteiger partial charge in [-0.25, -0.2) is 0 Å². The molecule has 0 bridgehead atoms. The van der Waals surface area contributed by atoms with Crippen LogP contribution in [0.2, 0.25) is 0 Å². The highest BCUT2D eigenvalue weighted by Gasteiger charge is 2.41. The molecule has 3 atom stereocenters. The third kappa shape index (κ3) is 7.68. The standard InChI is InChI=1S/C33H30F3IN2O9/c1-45-28-12-19(16-41)10-23(37)30(28)48-27-14-21(31(43)38-8-9-40)13-24(29(27)42)39(15-18-2-7-25-26(11-18)47-17-46-25)32(44)20-3-5-22(6-4-20)33(34,35)36/h2-7,10-12,14,16,24,27,29,40,42H,8-9,13,15,17H2,1H3,(H,38,43). The SMILES string of the molecule is COc1cc(C=O)cc(I)c1OC1C=C(C(=O)NCCO)CC(N(Cc2ccc3c(c2)OCO3)C(=O)c2ccc(C(F)(F)F)cc2)C1O. The molecule has 0 radical (unpaired) electrons. The Kier molecular flexibility index (Phi) is 10.8. The van der Waals surface area contributed by atoms with E-state index in [9.17, 15) is 37.8 Å². The van der Waals surface area contributed by atoms with Crippen LogP contribution in [0.4, 0.5) is 13.2 Å². The van der Waals surface area contributed by atoms with Gasteiger partial charge in [0.05, 0.1) is 28.9 Å². The Hall–Kier alpha value is -4.35. The second-order valence-electron chi connectivity index (χ2n) is 10.9. The highest BCUT2D eigenvalue weighted by molar-refractivity contribution is 14.1. The third-order valence-corrected chi connectivity index (χ3v) is 8.57. The number of rotatable bonds is 11. The summed E-state index contributed by atoms with van der Waals surface area (Å²) < 4.78 is 62.9. The second kappa shape index (κ2) is 14.8. The lowest BCUT2D eigenvalue weighted by atomic mass is 9.87. The van der Waals surface area contributed by atoms with E-state index in [0.717, 1.165) is 24.3 Å². The van der Waals surface area contributed by atoms with Crippen molar-refractivity contribution in [3.63, 3.8) is 0 Å². The predicted octanol–water partition coefficient (Wildman–Crippen LogP) is 4.12. The number of carbonyl (C=O) groups excluding carboxylic acids is 3. The van der Waals surface area contributed by atoms with Crippen molar-refractivity contribution in [1.29, 1.82) is 0 Å². The molecule has 2 aliphatic rings. The number of aldehydes is 1. The molecule has 0 aromatic heterocycles. The third-order valence-electron chi connectivity index (χ3n) is 7.77. The summed E-state index contributed by atoms with van der Waals surface area (Å²) in [6, 6.07) is 10.5. The maximum absolute atomic E-state index is 14.2. The Labute approximate surface area is 286 Å². The lowest BCUT2D eigenvalue weighted by Crippen LogP contribution is -2.54. The normalized spacial score (nSPS) is 18.5. The lowest BCUT2D eigenvalue weighted by Gasteiger charge is -2.40. The first-order valence-corrected chi connectivity index (χ1v) is 15.6. The molecule has 11 nitrogen and oxygen atoms in total. The number of fused-ring (bicyclic) bond motifs is 1. The van der Waals surface area contributed by atoms with Gasteiger partial charge < -0.3 is 39.4 Å². The summed E-state index contributed by atoms with van der Waals surface area (Å²) in [6.45, 7) is -0.558. The Morgan fingerprint density at radius 1 is 1.10 bits per heavy atom. The lowest BCUT2D eigenvalue weighted by molar-refractivity contribution is -0.137. The van der Waals surface area contributed by atoms with Crippen molar-refractivity contribution in [1.82, 2.24) is 10.2 Å². The zero-order chi connectivity index (χ0) is 34.6. The fourth-order valence-electron chi connectivity index (χ4n) is 5.38. The van der Waals surface area contributed by atoms with Crippen LogP contribution in [0.3, 0.4) is 0 Å². The van der Waals surface area contributed by atoms with E-state index in [1.165, 1.54) is 30.2 Å². The topological polar surface area (TPSA) is 144 Å². The number of benzene rings is 3. The molecule has 0 saturated heterocycles. The highest BCUT2D eigenvalue weighted by atomic mass is 127. The Balaban J connectivity index is 1.56. The minimum atomic E-state index is -4.62. The van der Waals surface area contributed by atoms with Crippen molar-refractivity contribution in [3.8, 4) is 23.0 Å². The molecular formula is C33H30F3IN2O9. The van der Waals surface area contributed by atoms with Crippen LogP contribution in [0, 0.1) is 3.57 Å². The summed E-state index contributed by atoms with van der Waals surface area (Å²) in [5.41, 5.74) is -0.0523. The van der Waals surface area contributed by atoms with Gasteiger partial charge in [-0.15, -0.1) is 0 Å². The van der Waals surface area contributed by atoms with Gasteiger partial charge in [0.2, 0.25) is 12.7 Å². The number of halogens is 4. The number of nitrogens with zero attached hydrogens (tertiary/aromatic N) is 1. The molecule has 3 N–H and O–H groups in total. The molecule has 1 heterocycles. The number of amides is 2. The van der Waals surface area contributed by atoms with E-state index in [-0.39, 0.29) is 55.5 Å². The second-order valence-corrected chi connectivity index (χ2v) is 12.0. The van der Waals surface area contributed by atoms with E-state index in [4.69, 9.17) is 18.9 Å².